The molecule has 0 bridgehead atoms. The Balaban J connectivity index is 1.53. The van der Waals surface area contributed by atoms with E-state index in [1.54, 1.807) is 46.2 Å². The van der Waals surface area contributed by atoms with Gasteiger partial charge in [-0.15, -0.1) is 0 Å². The molecule has 1 amide bonds. The summed E-state index contributed by atoms with van der Waals surface area (Å²) in [7, 11) is 1.34. The zero-order valence-electron chi connectivity index (χ0n) is 21.2. The summed E-state index contributed by atoms with van der Waals surface area (Å²) >= 11 is 12.7. The molecule has 0 saturated carbocycles. The summed E-state index contributed by atoms with van der Waals surface area (Å²) < 4.78 is 13.2. The van der Waals surface area contributed by atoms with Gasteiger partial charge in [0.2, 0.25) is 0 Å². The normalized spacial score (nSPS) is 15.7. The van der Waals surface area contributed by atoms with Gasteiger partial charge in [-0.1, -0.05) is 53.5 Å². The second-order valence-electron chi connectivity index (χ2n) is 9.17. The van der Waals surface area contributed by atoms with Crippen LogP contribution in [0.2, 0.25) is 10.0 Å². The minimum atomic E-state index is -0.591. The second kappa shape index (κ2) is 11.9. The van der Waals surface area contributed by atoms with Gasteiger partial charge in [0, 0.05) is 33.3 Å². The van der Waals surface area contributed by atoms with Gasteiger partial charge in [0.1, 0.15) is 24.4 Å². The molecule has 0 aliphatic carbocycles. The van der Waals surface area contributed by atoms with E-state index in [4.69, 9.17) is 32.7 Å². The number of aromatic nitrogens is 3. The fourth-order valence-corrected chi connectivity index (χ4v) is 5.12. The van der Waals surface area contributed by atoms with Crippen LogP contribution in [-0.4, -0.2) is 51.2 Å². The van der Waals surface area contributed by atoms with Crippen molar-refractivity contribution in [3.8, 4) is 5.75 Å². The topological polar surface area (TPSA) is 86.5 Å². The van der Waals surface area contributed by atoms with E-state index in [1.165, 1.54) is 13.4 Å². The molecule has 0 N–H and O–H groups in total. The van der Waals surface area contributed by atoms with Crippen molar-refractivity contribution in [2.75, 3.05) is 13.7 Å². The van der Waals surface area contributed by atoms with Gasteiger partial charge in [-0.2, -0.15) is 5.10 Å². The molecular weight excluding hydrogens is 539 g/mol. The smallest absolute Gasteiger partial charge is 0.328 e. The highest BCUT2D eigenvalue weighted by molar-refractivity contribution is 6.31. The Morgan fingerprint density at radius 1 is 1.08 bits per heavy atom. The zero-order chi connectivity index (χ0) is 27.4. The number of benzene rings is 3. The third-order valence-corrected chi connectivity index (χ3v) is 7.29. The fraction of sp³-hybridized carbons (Fsp3) is 0.241. The van der Waals surface area contributed by atoms with E-state index in [2.05, 4.69) is 10.1 Å². The van der Waals surface area contributed by atoms with Crippen molar-refractivity contribution < 1.29 is 19.1 Å². The first-order valence-electron chi connectivity index (χ1n) is 12.5. The number of esters is 1. The molecule has 10 heteroatoms. The van der Waals surface area contributed by atoms with Crippen LogP contribution >= 0.6 is 23.2 Å². The average Bonchev–Trinajstić information content (AvgIpc) is 3.65. The molecule has 2 atom stereocenters. The van der Waals surface area contributed by atoms with Crippen molar-refractivity contribution in [2.45, 2.75) is 31.5 Å². The van der Waals surface area contributed by atoms with E-state index < -0.39 is 18.1 Å². The molecular formula is C29H26Cl2N4O4. The molecule has 0 spiro atoms. The Kier molecular flexibility index (Phi) is 8.14. The molecule has 2 heterocycles. The predicted octanol–water partition coefficient (Wildman–Crippen LogP) is 5.58. The van der Waals surface area contributed by atoms with Crippen LogP contribution in [0.4, 0.5) is 0 Å². The van der Waals surface area contributed by atoms with Crippen LogP contribution in [0.5, 0.6) is 5.75 Å². The maximum Gasteiger partial charge on any atom is 0.328 e. The number of likely N-dealkylation sites (tertiary alicyclic amines) is 1. The number of hydrogen-bond acceptors (Lipinski definition) is 6. The van der Waals surface area contributed by atoms with Gasteiger partial charge in [0.25, 0.3) is 5.91 Å². The van der Waals surface area contributed by atoms with Gasteiger partial charge < -0.3 is 14.4 Å². The van der Waals surface area contributed by atoms with Crippen LogP contribution in [0.3, 0.4) is 0 Å². The lowest BCUT2D eigenvalue weighted by Gasteiger charge is -2.25. The van der Waals surface area contributed by atoms with Crippen molar-refractivity contribution in [2.24, 2.45) is 0 Å². The second-order valence-corrected chi connectivity index (χ2v) is 10.0. The van der Waals surface area contributed by atoms with E-state index >= 15 is 0 Å². The highest BCUT2D eigenvalue weighted by Gasteiger charge is 2.35. The summed E-state index contributed by atoms with van der Waals surface area (Å²) in [5, 5.41) is 5.40. The molecule has 0 radical (unpaired) electrons. The SMILES string of the molecule is COC(=O)C1CCCN1C(=O)c1ccc(OC(c2ccc(Cl)cc2)c2ccccc2Cl)c(Cn2cncn2)c1. The summed E-state index contributed by atoms with van der Waals surface area (Å²) in [5.41, 5.74) is 2.80. The highest BCUT2D eigenvalue weighted by Crippen LogP contribution is 2.35. The molecule has 2 unspecified atom stereocenters. The fourth-order valence-electron chi connectivity index (χ4n) is 4.76. The van der Waals surface area contributed by atoms with Crippen LogP contribution in [0.25, 0.3) is 0 Å². The molecule has 1 fully saturated rings. The number of carbonyl (C=O) groups excluding carboxylic acids is 2. The Morgan fingerprint density at radius 3 is 2.59 bits per heavy atom. The molecule has 3 aromatic carbocycles. The van der Waals surface area contributed by atoms with Gasteiger partial charge >= 0.3 is 5.97 Å². The average molecular weight is 565 g/mol. The molecule has 1 aliphatic rings. The zero-order valence-corrected chi connectivity index (χ0v) is 22.7. The van der Waals surface area contributed by atoms with Gasteiger partial charge in [-0.3, -0.25) is 4.79 Å². The lowest BCUT2D eigenvalue weighted by Crippen LogP contribution is -2.41. The lowest BCUT2D eigenvalue weighted by molar-refractivity contribution is -0.145. The minimum Gasteiger partial charge on any atom is -0.481 e. The number of methoxy groups -OCH3 is 1. The number of hydrogen-bond donors (Lipinski definition) is 0. The third kappa shape index (κ3) is 5.92. The van der Waals surface area contributed by atoms with E-state index in [-0.39, 0.29) is 5.91 Å². The molecule has 1 aliphatic heterocycles. The standard InChI is InChI=1S/C29H26Cl2N4O4/c1-38-29(37)25-7-4-14-35(25)28(36)20-10-13-26(21(15-20)16-34-18-32-17-33-34)39-27(19-8-11-22(30)12-9-19)23-5-2-3-6-24(23)31/h2-3,5-6,8-13,15,17-18,25,27H,4,7,14,16H2,1H3. The predicted molar refractivity (Wildman–Crippen MR) is 147 cm³/mol. The number of nitrogens with zero attached hydrogens (tertiary/aromatic N) is 4. The maximum atomic E-state index is 13.5. The molecule has 1 aromatic heterocycles. The van der Waals surface area contributed by atoms with Gasteiger partial charge in [0.15, 0.2) is 6.10 Å². The Hall–Kier alpha value is -3.88. The van der Waals surface area contributed by atoms with Gasteiger partial charge in [-0.25, -0.2) is 14.5 Å². The van der Waals surface area contributed by atoms with Crippen LogP contribution in [-0.2, 0) is 16.1 Å². The third-order valence-electron chi connectivity index (χ3n) is 6.70. The quantitative estimate of drug-likeness (QED) is 0.260. The first-order chi connectivity index (χ1) is 18.9. The largest absolute Gasteiger partial charge is 0.481 e. The number of halogens is 2. The summed E-state index contributed by atoms with van der Waals surface area (Å²) in [4.78, 5) is 31.4. The van der Waals surface area contributed by atoms with Crippen LogP contribution in [0, 0.1) is 0 Å². The van der Waals surface area contributed by atoms with Crippen LogP contribution < -0.4 is 4.74 Å². The van der Waals surface area contributed by atoms with Crippen molar-refractivity contribution in [1.82, 2.24) is 19.7 Å². The molecule has 4 aromatic rings. The van der Waals surface area contributed by atoms with Crippen molar-refractivity contribution in [1.29, 1.82) is 0 Å². The Morgan fingerprint density at radius 2 is 1.87 bits per heavy atom. The summed E-state index contributed by atoms with van der Waals surface area (Å²) in [5.74, 6) is -0.100. The van der Waals surface area contributed by atoms with E-state index in [9.17, 15) is 9.59 Å². The first-order valence-corrected chi connectivity index (χ1v) is 13.2. The first kappa shape index (κ1) is 26.7. The molecule has 39 heavy (non-hydrogen) atoms. The minimum absolute atomic E-state index is 0.241. The maximum absolute atomic E-state index is 13.5. The molecule has 5 rings (SSSR count). The Bertz CT molecular complexity index is 1460. The Labute approximate surface area is 236 Å². The molecule has 200 valence electrons. The van der Waals surface area contributed by atoms with Crippen LogP contribution in [0.1, 0.15) is 46.0 Å². The summed E-state index contributed by atoms with van der Waals surface area (Å²) in [6.07, 6.45) is 3.80. The number of ether oxygens (including phenoxy) is 2. The van der Waals surface area contributed by atoms with E-state index in [0.717, 1.165) is 17.5 Å². The van der Waals surface area contributed by atoms with Gasteiger partial charge in [-0.05, 0) is 54.8 Å². The molecule has 1 saturated heterocycles. The van der Waals surface area contributed by atoms with Crippen molar-refractivity contribution in [3.63, 3.8) is 0 Å². The highest BCUT2D eigenvalue weighted by atomic mass is 35.5. The number of carbonyl (C=O) groups is 2. The van der Waals surface area contributed by atoms with Gasteiger partial charge in [0.05, 0.1) is 13.7 Å². The summed E-state index contributed by atoms with van der Waals surface area (Å²) in [6, 6.07) is 19.5. The lowest BCUT2D eigenvalue weighted by atomic mass is 10.0. The van der Waals surface area contributed by atoms with Crippen molar-refractivity contribution in [3.05, 3.63) is 112 Å². The van der Waals surface area contributed by atoms with Crippen LogP contribution in [0.15, 0.2) is 79.4 Å². The van der Waals surface area contributed by atoms with Crippen molar-refractivity contribution >= 4 is 35.1 Å². The summed E-state index contributed by atoms with van der Waals surface area (Å²) in [6.45, 7) is 0.799. The number of rotatable bonds is 8. The number of amides is 1. The molecule has 8 nitrogen and oxygen atoms in total. The van der Waals surface area contributed by atoms with E-state index in [0.29, 0.717) is 46.4 Å². The monoisotopic (exact) mass is 564 g/mol. The van der Waals surface area contributed by atoms with E-state index in [1.807, 2.05) is 36.4 Å².